The second-order valence-corrected chi connectivity index (χ2v) is 3.28. The van der Waals surface area contributed by atoms with Gasteiger partial charge in [0.25, 0.3) is 5.69 Å². The Bertz CT molecular complexity index is 425. The van der Waals surface area contributed by atoms with Gasteiger partial charge in [0.05, 0.1) is 11.0 Å². The van der Waals surface area contributed by atoms with Crippen molar-refractivity contribution >= 4 is 28.9 Å². The van der Waals surface area contributed by atoms with Crippen molar-refractivity contribution in [3.8, 4) is 0 Å². The predicted octanol–water partition coefficient (Wildman–Crippen LogP) is 2.30. The number of rotatable bonds is 4. The number of amides is 1. The number of hydrogen-bond donors (Lipinski definition) is 1. The van der Waals surface area contributed by atoms with Crippen LogP contribution in [0.4, 0.5) is 15.8 Å². The van der Waals surface area contributed by atoms with E-state index in [1.165, 1.54) is 0 Å². The molecule has 1 rings (SSSR count). The highest BCUT2D eigenvalue weighted by atomic mass is 35.5. The maximum Gasteiger partial charge on any atom is 0.295 e. The van der Waals surface area contributed by atoms with E-state index in [4.69, 9.17) is 11.6 Å². The van der Waals surface area contributed by atoms with E-state index in [-0.39, 0.29) is 18.0 Å². The minimum absolute atomic E-state index is 0.0378. The highest BCUT2D eigenvalue weighted by Gasteiger charge is 2.16. The Morgan fingerprint density at radius 2 is 2.25 bits per heavy atom. The van der Waals surface area contributed by atoms with Crippen LogP contribution in [0.25, 0.3) is 0 Å². The van der Waals surface area contributed by atoms with Gasteiger partial charge in [0.2, 0.25) is 5.91 Å². The van der Waals surface area contributed by atoms with Crippen LogP contribution in [0.5, 0.6) is 0 Å². The van der Waals surface area contributed by atoms with Crippen LogP contribution >= 0.6 is 11.6 Å². The van der Waals surface area contributed by atoms with Crippen molar-refractivity contribution in [2.24, 2.45) is 0 Å². The van der Waals surface area contributed by atoms with Crippen molar-refractivity contribution in [1.29, 1.82) is 0 Å². The Kier molecular flexibility index (Phi) is 4.19. The molecular weight excluding hydrogens is 239 g/mol. The van der Waals surface area contributed by atoms with Gasteiger partial charge in [0.15, 0.2) is 0 Å². The van der Waals surface area contributed by atoms with Gasteiger partial charge in [-0.15, -0.1) is 11.6 Å². The van der Waals surface area contributed by atoms with Gasteiger partial charge < -0.3 is 5.32 Å². The minimum Gasteiger partial charge on any atom is -0.320 e. The number of carbonyl (C=O) groups excluding carboxylic acids is 1. The average molecular weight is 247 g/mol. The summed E-state index contributed by atoms with van der Waals surface area (Å²) in [7, 11) is 0. The Labute approximate surface area is 95.4 Å². The zero-order valence-corrected chi connectivity index (χ0v) is 8.83. The Hall–Kier alpha value is -1.69. The van der Waals surface area contributed by atoms with Crippen LogP contribution in [0.1, 0.15) is 6.42 Å². The van der Waals surface area contributed by atoms with Crippen LogP contribution in [0.15, 0.2) is 18.2 Å². The van der Waals surface area contributed by atoms with E-state index in [9.17, 15) is 19.3 Å². The molecule has 0 radical (unpaired) electrons. The quantitative estimate of drug-likeness (QED) is 0.503. The molecule has 86 valence electrons. The SMILES string of the molecule is O=C(CCCl)Nc1ccc(F)cc1[N+](=O)[O-]. The first kappa shape index (κ1) is 12.4. The number of nitrogens with zero attached hydrogens (tertiary/aromatic N) is 1. The molecule has 0 aromatic heterocycles. The van der Waals surface area contributed by atoms with Gasteiger partial charge in [-0.2, -0.15) is 0 Å². The van der Waals surface area contributed by atoms with Gasteiger partial charge in [-0.3, -0.25) is 14.9 Å². The van der Waals surface area contributed by atoms with E-state index in [2.05, 4.69) is 5.32 Å². The second kappa shape index (κ2) is 5.41. The summed E-state index contributed by atoms with van der Waals surface area (Å²) in [5.74, 6) is -1.08. The number of nitro groups is 1. The van der Waals surface area contributed by atoms with Gasteiger partial charge in [0, 0.05) is 12.3 Å². The van der Waals surface area contributed by atoms with Crippen molar-refractivity contribution in [2.75, 3.05) is 11.2 Å². The molecule has 1 amide bonds. The zero-order valence-electron chi connectivity index (χ0n) is 8.07. The number of halogens is 2. The number of hydrogen-bond acceptors (Lipinski definition) is 3. The van der Waals surface area contributed by atoms with E-state index in [1.54, 1.807) is 0 Å². The summed E-state index contributed by atoms with van der Waals surface area (Å²) >= 11 is 5.34. The molecule has 0 bridgehead atoms. The Morgan fingerprint density at radius 3 is 2.81 bits per heavy atom. The topological polar surface area (TPSA) is 72.2 Å². The molecule has 0 spiro atoms. The van der Waals surface area contributed by atoms with Crippen molar-refractivity contribution in [3.05, 3.63) is 34.1 Å². The van der Waals surface area contributed by atoms with E-state index in [0.29, 0.717) is 0 Å². The smallest absolute Gasteiger partial charge is 0.295 e. The molecule has 7 heteroatoms. The molecule has 16 heavy (non-hydrogen) atoms. The molecule has 0 atom stereocenters. The van der Waals surface area contributed by atoms with Crippen LogP contribution in [-0.2, 0) is 4.79 Å². The monoisotopic (exact) mass is 246 g/mol. The van der Waals surface area contributed by atoms with Gasteiger partial charge in [-0.05, 0) is 12.1 Å². The van der Waals surface area contributed by atoms with E-state index < -0.39 is 22.3 Å². The third-order valence-corrected chi connectivity index (χ3v) is 1.94. The van der Waals surface area contributed by atoms with E-state index >= 15 is 0 Å². The molecule has 1 aromatic carbocycles. The molecule has 0 heterocycles. The van der Waals surface area contributed by atoms with Crippen LogP contribution < -0.4 is 5.32 Å². The zero-order chi connectivity index (χ0) is 12.1. The first-order valence-electron chi connectivity index (χ1n) is 4.34. The highest BCUT2D eigenvalue weighted by molar-refractivity contribution is 6.19. The Balaban J connectivity index is 2.95. The van der Waals surface area contributed by atoms with Gasteiger partial charge in [-0.25, -0.2) is 4.39 Å². The molecule has 1 aromatic rings. The molecule has 5 nitrogen and oxygen atoms in total. The summed E-state index contributed by atoms with van der Waals surface area (Å²) in [5.41, 5.74) is -0.524. The number of nitro benzene ring substituents is 1. The first-order valence-corrected chi connectivity index (χ1v) is 4.88. The fourth-order valence-corrected chi connectivity index (χ4v) is 1.23. The van der Waals surface area contributed by atoms with Gasteiger partial charge >= 0.3 is 0 Å². The number of carbonyl (C=O) groups is 1. The van der Waals surface area contributed by atoms with Crippen molar-refractivity contribution in [1.82, 2.24) is 0 Å². The third-order valence-electron chi connectivity index (χ3n) is 1.75. The molecule has 0 aliphatic carbocycles. The number of nitrogens with one attached hydrogen (secondary N) is 1. The van der Waals surface area contributed by atoms with Crippen LogP contribution in [0, 0.1) is 15.9 Å². The summed E-state index contributed by atoms with van der Waals surface area (Å²) in [6.07, 6.45) is 0.0378. The van der Waals surface area contributed by atoms with Gasteiger partial charge in [0.1, 0.15) is 11.5 Å². The summed E-state index contributed by atoms with van der Waals surface area (Å²) in [4.78, 5) is 21.0. The molecule has 0 saturated heterocycles. The van der Waals surface area contributed by atoms with Crippen molar-refractivity contribution < 1.29 is 14.1 Å². The lowest BCUT2D eigenvalue weighted by molar-refractivity contribution is -0.384. The largest absolute Gasteiger partial charge is 0.320 e. The lowest BCUT2D eigenvalue weighted by Gasteiger charge is -2.04. The van der Waals surface area contributed by atoms with Crippen molar-refractivity contribution in [2.45, 2.75) is 6.42 Å². The fraction of sp³-hybridized carbons (Fsp3) is 0.222. The molecule has 0 saturated carbocycles. The molecule has 0 aliphatic rings. The Morgan fingerprint density at radius 1 is 1.56 bits per heavy atom. The van der Waals surface area contributed by atoms with Crippen LogP contribution in [0.3, 0.4) is 0 Å². The summed E-state index contributed by atoms with van der Waals surface area (Å²) < 4.78 is 12.8. The van der Waals surface area contributed by atoms with Crippen LogP contribution in [0.2, 0.25) is 0 Å². The summed E-state index contributed by atoms with van der Waals surface area (Å²) in [6.45, 7) is 0. The molecule has 1 N–H and O–H groups in total. The van der Waals surface area contributed by atoms with E-state index in [0.717, 1.165) is 18.2 Å². The standard InChI is InChI=1S/C9H8ClFN2O3/c10-4-3-9(14)12-7-2-1-6(11)5-8(7)13(15)16/h1-2,5H,3-4H2,(H,12,14). The van der Waals surface area contributed by atoms with E-state index in [1.807, 2.05) is 0 Å². The number of benzene rings is 1. The summed E-state index contributed by atoms with van der Waals surface area (Å²) in [5, 5.41) is 12.9. The second-order valence-electron chi connectivity index (χ2n) is 2.91. The molecule has 0 unspecified atom stereocenters. The normalized spacial score (nSPS) is 9.88. The lowest BCUT2D eigenvalue weighted by atomic mass is 10.2. The number of anilines is 1. The summed E-state index contributed by atoms with van der Waals surface area (Å²) in [6, 6.07) is 2.92. The highest BCUT2D eigenvalue weighted by Crippen LogP contribution is 2.24. The average Bonchev–Trinajstić information content (AvgIpc) is 2.20. The van der Waals surface area contributed by atoms with Gasteiger partial charge in [-0.1, -0.05) is 0 Å². The molecule has 0 fully saturated rings. The first-order chi connectivity index (χ1) is 7.54. The number of alkyl halides is 1. The fourth-order valence-electron chi connectivity index (χ4n) is 1.06. The maximum atomic E-state index is 12.8. The molecule has 0 aliphatic heterocycles. The lowest BCUT2D eigenvalue weighted by Crippen LogP contribution is -2.13. The molecular formula is C9H8ClFN2O3. The minimum atomic E-state index is -0.764. The van der Waals surface area contributed by atoms with Crippen molar-refractivity contribution in [3.63, 3.8) is 0 Å². The van der Waals surface area contributed by atoms with Crippen LogP contribution in [-0.4, -0.2) is 16.7 Å². The third kappa shape index (κ3) is 3.16. The maximum absolute atomic E-state index is 12.8. The predicted molar refractivity (Wildman–Crippen MR) is 57.0 cm³/mol.